The molecule has 0 amide bonds. The van der Waals surface area contributed by atoms with Crippen LogP contribution in [0.2, 0.25) is 0 Å². The van der Waals surface area contributed by atoms with Crippen LogP contribution in [0.1, 0.15) is 281 Å². The number of carbonyl (C=O) groups is 6. The Labute approximate surface area is 449 Å². The van der Waals surface area contributed by atoms with Crippen LogP contribution in [0.15, 0.2) is 36.8 Å². The maximum Gasteiger partial charge on any atom is 0.162 e. The van der Waals surface area contributed by atoms with Crippen molar-refractivity contribution in [1.29, 1.82) is 0 Å². The van der Waals surface area contributed by atoms with Crippen molar-refractivity contribution in [2.45, 2.75) is 299 Å². The van der Waals surface area contributed by atoms with E-state index in [4.69, 9.17) is 0 Å². The lowest BCUT2D eigenvalue weighted by atomic mass is 9.77. The van der Waals surface area contributed by atoms with E-state index in [0.717, 1.165) is 139 Å². The second-order valence-corrected chi connectivity index (χ2v) is 22.2. The molecule has 3 heterocycles. The van der Waals surface area contributed by atoms with E-state index in [9.17, 15) is 28.8 Å². The summed E-state index contributed by atoms with van der Waals surface area (Å²) in [5.74, 6) is 2.29. The molecule has 0 spiro atoms. The van der Waals surface area contributed by atoms with Crippen molar-refractivity contribution >= 4 is 34.7 Å². The summed E-state index contributed by atoms with van der Waals surface area (Å²) in [7, 11) is 0. The molecule has 9 heteroatoms. The minimum Gasteiger partial charge on any atom is -0.365 e. The summed E-state index contributed by atoms with van der Waals surface area (Å²) in [5, 5.41) is 0. The molecular weight excluding hydrogens is 907 g/mol. The molecular formula is C64H113N3O6. The van der Waals surface area contributed by atoms with Gasteiger partial charge in [0.15, 0.2) is 17.3 Å². The Kier molecular flexibility index (Phi) is 37.0. The van der Waals surface area contributed by atoms with Crippen LogP contribution in [0, 0.1) is 17.8 Å². The lowest BCUT2D eigenvalue weighted by Gasteiger charge is -2.30. The van der Waals surface area contributed by atoms with Crippen molar-refractivity contribution in [3.63, 3.8) is 0 Å². The van der Waals surface area contributed by atoms with Gasteiger partial charge >= 0.3 is 0 Å². The minimum atomic E-state index is -0.143. The van der Waals surface area contributed by atoms with E-state index in [1.807, 2.05) is 20.8 Å². The summed E-state index contributed by atoms with van der Waals surface area (Å²) in [5.41, 5.74) is 3.19. The molecule has 9 nitrogen and oxygen atoms in total. The Balaban J connectivity index is 0.000000544. The quantitative estimate of drug-likeness (QED) is 0.0447. The molecule has 0 radical (unpaired) electrons. The Morgan fingerprint density at radius 2 is 0.863 bits per heavy atom. The van der Waals surface area contributed by atoms with Gasteiger partial charge in [-0.05, 0) is 108 Å². The molecule has 4 aliphatic rings. The predicted octanol–water partition coefficient (Wildman–Crippen LogP) is 16.3. The predicted molar refractivity (Wildman–Crippen MR) is 307 cm³/mol. The highest BCUT2D eigenvalue weighted by atomic mass is 16.2. The standard InChI is InChI=1S/C22H39NO2.C21H35NO2.C20H35NO2.CH4/c1-4-6-7-8-9-10-11-12-13-16-20(24)18-22(25)21(5-2)23-17-14-15-19(23)3;1-4-6-9-17-10-12-18(13-11-17)20(23)15-21(24)19(5-2)22-14-7-8-16(22)3;1-5-8-11-17(6-2)12-13-18(22)15-20(23)19(7-3)21-14-9-10-16(21)4;/h21H,3-18H2,1-2H3;17-19H,3-15H2,1-2H3;17,19H,4-15H2,1-3H3;1H4/t21-;17?,18?,19-;17?,19-;/m000./s1. The monoisotopic (exact) mass is 1020 g/mol. The van der Waals surface area contributed by atoms with E-state index in [1.54, 1.807) is 0 Å². The number of allylic oxidation sites excluding steroid dienone is 3. The zero-order valence-corrected chi connectivity index (χ0v) is 47.7. The summed E-state index contributed by atoms with van der Waals surface area (Å²) in [6.07, 6.45) is 35.1. The van der Waals surface area contributed by atoms with Gasteiger partial charge in [-0.15, -0.1) is 0 Å². The highest BCUT2D eigenvalue weighted by Crippen LogP contribution is 2.34. The number of hydrogen-bond donors (Lipinski definition) is 0. The topological polar surface area (TPSA) is 112 Å². The van der Waals surface area contributed by atoms with Gasteiger partial charge in [-0.3, -0.25) is 28.8 Å². The molecule has 0 aromatic rings. The molecule has 1 aliphatic carbocycles. The summed E-state index contributed by atoms with van der Waals surface area (Å²) in [6, 6.07) is -0.414. The second kappa shape index (κ2) is 40.0. The molecule has 73 heavy (non-hydrogen) atoms. The first kappa shape index (κ1) is 67.7. The van der Waals surface area contributed by atoms with Crippen LogP contribution >= 0.6 is 0 Å². The maximum absolute atomic E-state index is 12.7. The molecule has 4 fully saturated rings. The van der Waals surface area contributed by atoms with E-state index in [0.29, 0.717) is 18.8 Å². The number of carbonyl (C=O) groups excluding carboxylic acids is 6. The molecule has 3 aliphatic heterocycles. The number of Topliss-reactive ketones (excluding diaryl/α,β-unsaturated/α-hetero) is 6. The molecule has 4 rings (SSSR count). The lowest BCUT2D eigenvalue weighted by Crippen LogP contribution is -2.39. The summed E-state index contributed by atoms with van der Waals surface area (Å²) < 4.78 is 0. The van der Waals surface area contributed by atoms with Gasteiger partial charge in [0.05, 0.1) is 37.4 Å². The van der Waals surface area contributed by atoms with Crippen molar-refractivity contribution < 1.29 is 28.8 Å². The Morgan fingerprint density at radius 1 is 0.466 bits per heavy atom. The molecule has 0 bridgehead atoms. The Morgan fingerprint density at radius 3 is 1.25 bits per heavy atom. The number of rotatable bonds is 36. The lowest BCUT2D eigenvalue weighted by molar-refractivity contribution is -0.133. The van der Waals surface area contributed by atoms with Crippen molar-refractivity contribution in [2.24, 2.45) is 17.8 Å². The second-order valence-electron chi connectivity index (χ2n) is 22.2. The van der Waals surface area contributed by atoms with Gasteiger partial charge < -0.3 is 14.7 Å². The van der Waals surface area contributed by atoms with Crippen molar-refractivity contribution in [3.8, 4) is 0 Å². The maximum atomic E-state index is 12.7. The fourth-order valence-corrected chi connectivity index (χ4v) is 11.8. The molecule has 1 saturated carbocycles. The van der Waals surface area contributed by atoms with Gasteiger partial charge in [0.1, 0.15) is 17.3 Å². The third kappa shape index (κ3) is 25.8. The van der Waals surface area contributed by atoms with Crippen molar-refractivity contribution in [3.05, 3.63) is 36.8 Å². The fraction of sp³-hybridized carbons (Fsp3) is 0.812. The SMILES string of the molecule is C.C=C1CCCN1[C@@H](CC)C(=O)CC(=O)C1CCC(CCCC)CC1.C=C1CCCN1[C@@H](CC)C(=O)CC(=O)CCC(CC)CCCC.C=C1CCCN1[C@@H](CC)C(=O)CC(=O)CCCCCCCCCCC. The van der Waals surface area contributed by atoms with Gasteiger partial charge in [0.2, 0.25) is 0 Å². The van der Waals surface area contributed by atoms with E-state index in [-0.39, 0.29) is 85.4 Å². The van der Waals surface area contributed by atoms with Crippen LogP contribution < -0.4 is 0 Å². The van der Waals surface area contributed by atoms with E-state index < -0.39 is 0 Å². The van der Waals surface area contributed by atoms with Crippen LogP contribution in [0.4, 0.5) is 0 Å². The third-order valence-electron chi connectivity index (χ3n) is 16.5. The number of hydrogen-bond acceptors (Lipinski definition) is 9. The Hall–Kier alpha value is -3.36. The van der Waals surface area contributed by atoms with Crippen LogP contribution in [-0.4, -0.2) is 87.2 Å². The smallest absolute Gasteiger partial charge is 0.162 e. The molecule has 0 aromatic carbocycles. The van der Waals surface area contributed by atoms with Gasteiger partial charge in [-0.2, -0.15) is 0 Å². The van der Waals surface area contributed by atoms with Crippen LogP contribution in [-0.2, 0) is 28.8 Å². The summed E-state index contributed by atoms with van der Waals surface area (Å²) in [6.45, 7) is 29.9. The highest BCUT2D eigenvalue weighted by Gasteiger charge is 2.33. The number of nitrogens with zero attached hydrogens (tertiary/aromatic N) is 3. The van der Waals surface area contributed by atoms with Gasteiger partial charge in [0, 0.05) is 55.5 Å². The van der Waals surface area contributed by atoms with Crippen molar-refractivity contribution in [2.75, 3.05) is 19.6 Å². The van der Waals surface area contributed by atoms with Gasteiger partial charge in [-0.25, -0.2) is 0 Å². The fourth-order valence-electron chi connectivity index (χ4n) is 11.8. The number of likely N-dealkylation sites (tertiary alicyclic amines) is 3. The molecule has 3 saturated heterocycles. The summed E-state index contributed by atoms with van der Waals surface area (Å²) in [4.78, 5) is 80.9. The number of unbranched alkanes of at least 4 members (excludes halogenated alkanes) is 10. The molecule has 420 valence electrons. The van der Waals surface area contributed by atoms with E-state index >= 15 is 0 Å². The molecule has 4 atom stereocenters. The average Bonchev–Trinajstić information content (AvgIpc) is 4.12. The minimum absolute atomic E-state index is 0. The zero-order valence-electron chi connectivity index (χ0n) is 47.7. The highest BCUT2D eigenvalue weighted by molar-refractivity contribution is 6.03. The van der Waals surface area contributed by atoms with Crippen LogP contribution in [0.25, 0.3) is 0 Å². The molecule has 1 unspecified atom stereocenters. The normalized spacial score (nSPS) is 19.3. The first-order chi connectivity index (χ1) is 34.7. The first-order valence-electron chi connectivity index (χ1n) is 30.2. The van der Waals surface area contributed by atoms with Crippen LogP contribution in [0.5, 0.6) is 0 Å². The third-order valence-corrected chi connectivity index (χ3v) is 16.5. The molecule has 0 N–H and O–H groups in total. The largest absolute Gasteiger partial charge is 0.365 e. The van der Waals surface area contributed by atoms with Gasteiger partial charge in [0.25, 0.3) is 0 Å². The molecule has 0 aromatic heterocycles. The van der Waals surface area contributed by atoms with E-state index in [1.165, 1.54) is 96.3 Å². The Bertz CT molecular complexity index is 1640. The van der Waals surface area contributed by atoms with Crippen LogP contribution in [0.3, 0.4) is 0 Å². The number of ketones is 6. The van der Waals surface area contributed by atoms with E-state index in [2.05, 4.69) is 62.1 Å². The average molecular weight is 1020 g/mol. The zero-order chi connectivity index (χ0) is 53.3. The summed E-state index contributed by atoms with van der Waals surface area (Å²) >= 11 is 0. The van der Waals surface area contributed by atoms with Gasteiger partial charge in [-0.1, -0.05) is 172 Å². The van der Waals surface area contributed by atoms with Crippen molar-refractivity contribution in [1.82, 2.24) is 14.7 Å². The first-order valence-corrected chi connectivity index (χ1v) is 30.2.